The van der Waals surface area contributed by atoms with E-state index in [2.05, 4.69) is 19.2 Å². The highest BCUT2D eigenvalue weighted by molar-refractivity contribution is 6.30. The number of ether oxygens (including phenoxy) is 2. The molecule has 0 spiro atoms. The zero-order chi connectivity index (χ0) is 14.3. The molecule has 4 heteroatoms. The van der Waals surface area contributed by atoms with E-state index in [0.29, 0.717) is 0 Å². The van der Waals surface area contributed by atoms with E-state index in [0.717, 1.165) is 35.7 Å². The van der Waals surface area contributed by atoms with Crippen molar-refractivity contribution in [1.82, 2.24) is 5.32 Å². The third-order valence-electron chi connectivity index (χ3n) is 3.18. The Bertz CT molecular complexity index is 384. The lowest BCUT2D eigenvalue weighted by Crippen LogP contribution is -2.26. The Hall–Kier alpha value is -0.770. The highest BCUT2D eigenvalue weighted by atomic mass is 35.5. The van der Waals surface area contributed by atoms with Gasteiger partial charge in [0.25, 0.3) is 0 Å². The summed E-state index contributed by atoms with van der Waals surface area (Å²) in [6, 6.07) is 5.91. The minimum Gasteiger partial charge on any atom is -0.496 e. The fourth-order valence-corrected chi connectivity index (χ4v) is 2.23. The van der Waals surface area contributed by atoms with Crippen molar-refractivity contribution in [1.29, 1.82) is 0 Å². The van der Waals surface area contributed by atoms with Gasteiger partial charge in [-0.3, -0.25) is 0 Å². The average Bonchev–Trinajstić information content (AvgIpc) is 2.43. The first-order chi connectivity index (χ1) is 9.12. The molecule has 1 aromatic carbocycles. The van der Waals surface area contributed by atoms with Crippen LogP contribution in [0.1, 0.15) is 38.3 Å². The molecule has 0 heterocycles. The van der Waals surface area contributed by atoms with Gasteiger partial charge in [-0.1, -0.05) is 18.5 Å². The summed E-state index contributed by atoms with van der Waals surface area (Å²) in [6.07, 6.45) is 2.14. The molecule has 1 aromatic rings. The van der Waals surface area contributed by atoms with Crippen LogP contribution in [-0.4, -0.2) is 26.9 Å². The minimum absolute atomic E-state index is 0.179. The topological polar surface area (TPSA) is 30.5 Å². The second-order valence-electron chi connectivity index (χ2n) is 4.68. The van der Waals surface area contributed by atoms with Crippen LogP contribution in [0, 0.1) is 0 Å². The molecule has 1 rings (SSSR count). The maximum Gasteiger partial charge on any atom is 0.123 e. The quantitative estimate of drug-likeness (QED) is 0.788. The van der Waals surface area contributed by atoms with Gasteiger partial charge in [0.1, 0.15) is 5.75 Å². The van der Waals surface area contributed by atoms with Crippen LogP contribution in [-0.2, 0) is 4.74 Å². The molecule has 0 fully saturated rings. The van der Waals surface area contributed by atoms with Crippen molar-refractivity contribution in [2.45, 2.75) is 38.8 Å². The van der Waals surface area contributed by atoms with Gasteiger partial charge in [0.15, 0.2) is 0 Å². The Labute approximate surface area is 121 Å². The Morgan fingerprint density at radius 1 is 1.32 bits per heavy atom. The molecule has 0 bridgehead atoms. The fraction of sp³-hybridized carbons (Fsp3) is 0.600. The maximum absolute atomic E-state index is 6.11. The van der Waals surface area contributed by atoms with Gasteiger partial charge in [0, 0.05) is 23.7 Å². The maximum atomic E-state index is 6.11. The highest BCUT2D eigenvalue weighted by Gasteiger charge is 2.18. The molecule has 0 aliphatic rings. The number of rotatable bonds is 8. The number of benzene rings is 1. The molecular formula is C15H24ClNO2. The van der Waals surface area contributed by atoms with Gasteiger partial charge in [-0.2, -0.15) is 0 Å². The van der Waals surface area contributed by atoms with Crippen molar-refractivity contribution in [2.24, 2.45) is 0 Å². The molecule has 0 aromatic heterocycles. The van der Waals surface area contributed by atoms with Gasteiger partial charge < -0.3 is 14.8 Å². The summed E-state index contributed by atoms with van der Waals surface area (Å²) >= 11 is 6.11. The van der Waals surface area contributed by atoms with Crippen molar-refractivity contribution in [3.8, 4) is 5.75 Å². The molecule has 0 aliphatic heterocycles. The number of halogens is 1. The lowest BCUT2D eigenvalue weighted by molar-refractivity contribution is 0.100. The van der Waals surface area contributed by atoms with Crippen molar-refractivity contribution >= 4 is 11.6 Å². The van der Waals surface area contributed by atoms with E-state index < -0.39 is 0 Å². The van der Waals surface area contributed by atoms with Crippen LogP contribution in [0.25, 0.3) is 0 Å². The molecule has 2 unspecified atom stereocenters. The molecule has 2 atom stereocenters. The van der Waals surface area contributed by atoms with Crippen LogP contribution in [0.5, 0.6) is 5.75 Å². The monoisotopic (exact) mass is 285 g/mol. The first kappa shape index (κ1) is 16.3. The first-order valence-corrected chi connectivity index (χ1v) is 7.09. The largest absolute Gasteiger partial charge is 0.496 e. The summed E-state index contributed by atoms with van der Waals surface area (Å²) in [7, 11) is 3.42. The molecule has 19 heavy (non-hydrogen) atoms. The van der Waals surface area contributed by atoms with Crippen LogP contribution in [0.3, 0.4) is 0 Å². The molecule has 0 saturated heterocycles. The van der Waals surface area contributed by atoms with Crippen molar-refractivity contribution < 1.29 is 9.47 Å². The van der Waals surface area contributed by atoms with Crippen molar-refractivity contribution in [3.63, 3.8) is 0 Å². The summed E-state index contributed by atoms with van der Waals surface area (Å²) < 4.78 is 10.8. The SMILES string of the molecule is CCCNC(CC(C)OC)c1cc(Cl)ccc1OC. The van der Waals surface area contributed by atoms with Gasteiger partial charge in [-0.25, -0.2) is 0 Å². The zero-order valence-corrected chi connectivity index (χ0v) is 13.0. The van der Waals surface area contributed by atoms with E-state index in [1.807, 2.05) is 18.2 Å². The molecule has 0 saturated carbocycles. The molecule has 1 N–H and O–H groups in total. The second kappa shape index (κ2) is 8.41. The predicted molar refractivity (Wildman–Crippen MR) is 80.1 cm³/mol. The molecular weight excluding hydrogens is 262 g/mol. The Morgan fingerprint density at radius 2 is 2.05 bits per heavy atom. The highest BCUT2D eigenvalue weighted by Crippen LogP contribution is 2.31. The number of hydrogen-bond donors (Lipinski definition) is 1. The molecule has 0 amide bonds. The van der Waals surface area contributed by atoms with Gasteiger partial charge in [0.05, 0.1) is 13.2 Å². The zero-order valence-electron chi connectivity index (χ0n) is 12.2. The average molecular weight is 286 g/mol. The summed E-state index contributed by atoms with van der Waals surface area (Å²) in [6.45, 7) is 5.17. The molecule has 108 valence electrons. The molecule has 3 nitrogen and oxygen atoms in total. The van der Waals surface area contributed by atoms with Crippen LogP contribution in [0.2, 0.25) is 5.02 Å². The van der Waals surface area contributed by atoms with E-state index >= 15 is 0 Å². The van der Waals surface area contributed by atoms with Crippen molar-refractivity contribution in [3.05, 3.63) is 28.8 Å². The van der Waals surface area contributed by atoms with Crippen LogP contribution in [0.4, 0.5) is 0 Å². The van der Waals surface area contributed by atoms with Crippen molar-refractivity contribution in [2.75, 3.05) is 20.8 Å². The van der Waals surface area contributed by atoms with Crippen LogP contribution < -0.4 is 10.1 Å². The summed E-state index contributed by atoms with van der Waals surface area (Å²) in [4.78, 5) is 0. The van der Waals surface area contributed by atoms with E-state index in [1.165, 1.54) is 0 Å². The number of methoxy groups -OCH3 is 2. The third kappa shape index (κ3) is 5.01. The van der Waals surface area contributed by atoms with E-state index in [1.54, 1.807) is 14.2 Å². The van der Waals surface area contributed by atoms with Crippen LogP contribution in [0.15, 0.2) is 18.2 Å². The van der Waals surface area contributed by atoms with E-state index in [-0.39, 0.29) is 12.1 Å². The lowest BCUT2D eigenvalue weighted by atomic mass is 9.99. The first-order valence-electron chi connectivity index (χ1n) is 6.72. The van der Waals surface area contributed by atoms with Gasteiger partial charge >= 0.3 is 0 Å². The smallest absolute Gasteiger partial charge is 0.123 e. The Kier molecular flexibility index (Phi) is 7.21. The Balaban J connectivity index is 2.97. The third-order valence-corrected chi connectivity index (χ3v) is 3.41. The fourth-order valence-electron chi connectivity index (χ4n) is 2.04. The summed E-state index contributed by atoms with van der Waals surface area (Å²) in [5.41, 5.74) is 1.09. The molecule has 0 radical (unpaired) electrons. The standard InChI is InChI=1S/C15H24ClNO2/c1-5-8-17-14(9-11(2)18-3)13-10-12(16)6-7-15(13)19-4/h6-7,10-11,14,17H,5,8-9H2,1-4H3. The van der Waals surface area contributed by atoms with Crippen LogP contribution >= 0.6 is 11.6 Å². The molecule has 0 aliphatic carbocycles. The summed E-state index contributed by atoms with van der Waals surface area (Å²) in [5, 5.41) is 4.26. The Morgan fingerprint density at radius 3 is 2.63 bits per heavy atom. The van der Waals surface area contributed by atoms with E-state index in [9.17, 15) is 0 Å². The minimum atomic E-state index is 0.179. The van der Waals surface area contributed by atoms with E-state index in [4.69, 9.17) is 21.1 Å². The lowest BCUT2D eigenvalue weighted by Gasteiger charge is -2.24. The second-order valence-corrected chi connectivity index (χ2v) is 5.11. The number of nitrogens with one attached hydrogen (secondary N) is 1. The van der Waals surface area contributed by atoms with Gasteiger partial charge in [0.2, 0.25) is 0 Å². The normalized spacial score (nSPS) is 14.2. The predicted octanol–water partition coefficient (Wildman–Crippen LogP) is 3.81. The summed E-state index contributed by atoms with van der Waals surface area (Å²) in [5.74, 6) is 0.862. The number of hydrogen-bond acceptors (Lipinski definition) is 3. The van der Waals surface area contributed by atoms with Gasteiger partial charge in [-0.15, -0.1) is 0 Å². The van der Waals surface area contributed by atoms with Gasteiger partial charge in [-0.05, 0) is 44.5 Å².